The molecule has 6 fully saturated rings. The van der Waals surface area contributed by atoms with Gasteiger partial charge < -0.3 is 10.4 Å². The van der Waals surface area contributed by atoms with Gasteiger partial charge in [-0.25, -0.2) is 0 Å². The van der Waals surface area contributed by atoms with Crippen LogP contribution >= 0.6 is 0 Å². The first-order valence-electron chi connectivity index (χ1n) is 14.0. The van der Waals surface area contributed by atoms with Crippen LogP contribution in [-0.4, -0.2) is 57.6 Å². The molecular weight excluding hydrogens is 446 g/mol. The number of carbonyl (C=O) groups is 1. The lowest BCUT2D eigenvalue weighted by Crippen LogP contribution is -2.75. The predicted octanol–water partition coefficient (Wildman–Crippen LogP) is 5.41. The van der Waals surface area contributed by atoms with E-state index in [1.165, 1.54) is 50.5 Å². The van der Waals surface area contributed by atoms with E-state index in [4.69, 9.17) is 0 Å². The Hall–Kier alpha value is -2.63. The van der Waals surface area contributed by atoms with Crippen molar-refractivity contribution in [3.63, 3.8) is 0 Å². The van der Waals surface area contributed by atoms with Crippen molar-refractivity contribution in [3.05, 3.63) is 77.9 Å². The zero-order valence-electron chi connectivity index (χ0n) is 21.2. The standard InChI is InChI=1S/C31H39N3O2/c1-2-19-33-26-15-17-28-27(33)16-18-29(26)34(28)30(23-7-6-10-25(35)20-23)21-11-13-22(14-12-21)31(36)32-24-8-4-3-5-9-24/h2,6-7,10-14,20,24,26-30,35H,1,3-5,8-9,15-19H2,(H,32,36). The molecule has 5 heteroatoms. The summed E-state index contributed by atoms with van der Waals surface area (Å²) in [7, 11) is 0. The molecule has 2 aromatic carbocycles. The van der Waals surface area contributed by atoms with Crippen LogP contribution in [0.25, 0.3) is 0 Å². The van der Waals surface area contributed by atoms with E-state index in [0.717, 1.165) is 30.5 Å². The van der Waals surface area contributed by atoms with Gasteiger partial charge in [-0.1, -0.05) is 49.6 Å². The van der Waals surface area contributed by atoms with Crippen LogP contribution in [0, 0.1) is 0 Å². The Morgan fingerprint density at radius 1 is 0.917 bits per heavy atom. The summed E-state index contributed by atoms with van der Waals surface area (Å²) in [5.41, 5.74) is 3.06. The molecule has 2 N–H and O–H groups in total. The van der Waals surface area contributed by atoms with Gasteiger partial charge in [0.25, 0.3) is 5.91 Å². The number of phenols is 1. The zero-order valence-corrected chi connectivity index (χ0v) is 21.2. The first-order valence-corrected chi connectivity index (χ1v) is 14.0. The van der Waals surface area contributed by atoms with Gasteiger partial charge >= 0.3 is 0 Å². The van der Waals surface area contributed by atoms with Crippen LogP contribution in [0.1, 0.15) is 85.3 Å². The summed E-state index contributed by atoms with van der Waals surface area (Å²) < 4.78 is 0. The van der Waals surface area contributed by atoms with Crippen molar-refractivity contribution in [2.45, 2.75) is 94.0 Å². The van der Waals surface area contributed by atoms with Crippen molar-refractivity contribution < 1.29 is 9.90 Å². The number of aromatic hydroxyl groups is 1. The van der Waals surface area contributed by atoms with E-state index < -0.39 is 0 Å². The second kappa shape index (κ2) is 10.0. The maximum atomic E-state index is 12.9. The van der Waals surface area contributed by atoms with Gasteiger partial charge in [-0.15, -0.1) is 6.58 Å². The smallest absolute Gasteiger partial charge is 0.251 e. The minimum absolute atomic E-state index is 0.0403. The average Bonchev–Trinajstić information content (AvgIpc) is 2.90. The Balaban J connectivity index is 1.30. The molecule has 5 heterocycles. The molecule has 1 saturated carbocycles. The van der Waals surface area contributed by atoms with Crippen LogP contribution < -0.4 is 5.32 Å². The number of phenolic OH excluding ortho intramolecular Hbond substituents is 1. The van der Waals surface area contributed by atoms with Gasteiger partial charge in [-0.3, -0.25) is 14.6 Å². The van der Waals surface area contributed by atoms with E-state index in [1.807, 2.05) is 24.3 Å². The Morgan fingerprint density at radius 3 is 2.22 bits per heavy atom. The Kier molecular flexibility index (Phi) is 6.61. The second-order valence-electron chi connectivity index (χ2n) is 11.3. The van der Waals surface area contributed by atoms with Crippen molar-refractivity contribution in [1.29, 1.82) is 0 Å². The number of piperidine rings is 4. The van der Waals surface area contributed by atoms with E-state index in [9.17, 15) is 9.90 Å². The normalized spacial score (nSPS) is 29.2. The summed E-state index contributed by atoms with van der Waals surface area (Å²) in [6.07, 6.45) is 12.9. The molecular formula is C31H39N3O2. The van der Waals surface area contributed by atoms with Crippen LogP contribution in [0.4, 0.5) is 0 Å². The molecule has 5 unspecified atom stereocenters. The lowest BCUT2D eigenvalue weighted by molar-refractivity contribution is -0.151. The Morgan fingerprint density at radius 2 is 1.58 bits per heavy atom. The first kappa shape index (κ1) is 23.7. The van der Waals surface area contributed by atoms with Crippen LogP contribution in [0.2, 0.25) is 0 Å². The number of benzene rings is 2. The zero-order chi connectivity index (χ0) is 24.6. The van der Waals surface area contributed by atoms with Gasteiger partial charge in [0.05, 0.1) is 6.04 Å². The molecule has 1 aliphatic carbocycles. The second-order valence-corrected chi connectivity index (χ2v) is 11.3. The number of hydrogen-bond acceptors (Lipinski definition) is 4. The molecule has 0 radical (unpaired) electrons. The lowest BCUT2D eigenvalue weighted by Gasteiger charge is -2.66. The summed E-state index contributed by atoms with van der Waals surface area (Å²) in [6.45, 7) is 4.99. The summed E-state index contributed by atoms with van der Waals surface area (Å²) in [4.78, 5) is 18.4. The maximum absolute atomic E-state index is 12.9. The summed E-state index contributed by atoms with van der Waals surface area (Å²) >= 11 is 0. The first-order chi connectivity index (χ1) is 17.6. The molecule has 190 valence electrons. The Bertz CT molecular complexity index is 1070. The molecule has 6 aliphatic rings. The van der Waals surface area contributed by atoms with Gasteiger partial charge in [0.1, 0.15) is 5.75 Å². The molecule has 2 aromatic rings. The number of fused-ring (bicyclic) bond motifs is 2. The highest BCUT2D eigenvalue weighted by Gasteiger charge is 2.56. The number of hydrogen-bond donors (Lipinski definition) is 2. The van der Waals surface area contributed by atoms with E-state index in [2.05, 4.69) is 46.0 Å². The van der Waals surface area contributed by atoms with Gasteiger partial charge in [0, 0.05) is 42.3 Å². The maximum Gasteiger partial charge on any atom is 0.251 e. The fraction of sp³-hybridized carbons (Fsp3) is 0.516. The molecule has 1 amide bonds. The van der Waals surface area contributed by atoms with E-state index in [-0.39, 0.29) is 11.9 Å². The number of rotatable bonds is 7. The third kappa shape index (κ3) is 4.26. The monoisotopic (exact) mass is 485 g/mol. The number of nitrogens with one attached hydrogen (secondary N) is 1. The molecule has 36 heavy (non-hydrogen) atoms. The fourth-order valence-electron chi connectivity index (χ4n) is 7.78. The summed E-state index contributed by atoms with van der Waals surface area (Å²) in [5, 5.41) is 13.6. The Labute approximate surface area is 215 Å². The quantitative estimate of drug-likeness (QED) is 0.515. The van der Waals surface area contributed by atoms with Crippen molar-refractivity contribution in [2.75, 3.05) is 6.54 Å². The minimum atomic E-state index is 0.0403. The predicted molar refractivity (Wildman–Crippen MR) is 143 cm³/mol. The topological polar surface area (TPSA) is 55.8 Å². The van der Waals surface area contributed by atoms with Gasteiger partial charge in [0.15, 0.2) is 0 Å². The highest BCUT2D eigenvalue weighted by molar-refractivity contribution is 5.94. The SMILES string of the molecule is C=CCN1C2CCC3C1CCC2N3C(c1ccc(C(=O)NC2CCCCC2)cc1)c1cccc(O)c1. The van der Waals surface area contributed by atoms with Crippen LogP contribution in [-0.2, 0) is 0 Å². The van der Waals surface area contributed by atoms with Crippen molar-refractivity contribution in [2.24, 2.45) is 0 Å². The molecule has 0 spiro atoms. The third-order valence-electron chi connectivity index (χ3n) is 9.28. The molecule has 4 bridgehead atoms. The minimum Gasteiger partial charge on any atom is -0.508 e. The van der Waals surface area contributed by atoms with Crippen LogP contribution in [0.5, 0.6) is 5.75 Å². The van der Waals surface area contributed by atoms with Gasteiger partial charge in [-0.2, -0.15) is 0 Å². The lowest BCUT2D eigenvalue weighted by atomic mass is 9.69. The van der Waals surface area contributed by atoms with E-state index in [1.54, 1.807) is 6.07 Å². The van der Waals surface area contributed by atoms with Crippen molar-refractivity contribution >= 4 is 5.91 Å². The highest BCUT2D eigenvalue weighted by atomic mass is 16.3. The third-order valence-corrected chi connectivity index (χ3v) is 9.28. The van der Waals surface area contributed by atoms with Crippen LogP contribution in [0.15, 0.2) is 61.2 Å². The average molecular weight is 486 g/mol. The molecule has 5 nitrogen and oxygen atoms in total. The number of amides is 1. The molecule has 5 aliphatic heterocycles. The van der Waals surface area contributed by atoms with E-state index >= 15 is 0 Å². The molecule has 5 saturated heterocycles. The van der Waals surface area contributed by atoms with Gasteiger partial charge in [-0.05, 0) is 73.9 Å². The van der Waals surface area contributed by atoms with Crippen molar-refractivity contribution in [3.8, 4) is 5.75 Å². The van der Waals surface area contributed by atoms with E-state index in [0.29, 0.717) is 36.0 Å². The number of carbonyl (C=O) groups excluding carboxylic acids is 1. The molecule has 8 rings (SSSR count). The molecule has 0 aromatic heterocycles. The van der Waals surface area contributed by atoms with Crippen molar-refractivity contribution in [1.82, 2.24) is 15.1 Å². The molecule has 5 atom stereocenters. The van der Waals surface area contributed by atoms with Gasteiger partial charge in [0.2, 0.25) is 0 Å². The van der Waals surface area contributed by atoms with Crippen LogP contribution in [0.3, 0.4) is 0 Å². The fourth-order valence-corrected chi connectivity index (χ4v) is 7.78. The highest BCUT2D eigenvalue weighted by Crippen LogP contribution is 2.50. The number of nitrogens with zero attached hydrogens (tertiary/aromatic N) is 2. The summed E-state index contributed by atoms with van der Waals surface area (Å²) in [6, 6.07) is 18.5. The number of piperazine rings is 1. The summed E-state index contributed by atoms with van der Waals surface area (Å²) in [5.74, 6) is 0.347. The largest absolute Gasteiger partial charge is 0.508 e.